The van der Waals surface area contributed by atoms with Gasteiger partial charge in [0, 0.05) is 15.6 Å². The first-order valence-electron chi connectivity index (χ1n) is 10.2. The van der Waals surface area contributed by atoms with Crippen LogP contribution in [0.1, 0.15) is 39.0 Å². The van der Waals surface area contributed by atoms with Crippen LogP contribution in [-0.2, 0) is 11.2 Å². The van der Waals surface area contributed by atoms with E-state index in [4.69, 9.17) is 23.2 Å². The molecule has 7 heteroatoms. The molecule has 0 saturated heterocycles. The molecule has 3 aromatic rings. The van der Waals surface area contributed by atoms with Crippen LogP contribution in [0.25, 0.3) is 0 Å². The summed E-state index contributed by atoms with van der Waals surface area (Å²) in [5.41, 5.74) is 2.13. The van der Waals surface area contributed by atoms with E-state index in [1.54, 1.807) is 36.4 Å². The number of carbonyl (C=O) groups excluding carboxylic acids is 1. The summed E-state index contributed by atoms with van der Waals surface area (Å²) in [4.78, 5) is 27.7. The standard InChI is InChI=1S/C25H21Cl2NO4/c26-16-10-11-20(21(27)13-16)23-22(25(31)32)18-8-4-5-9-19(18)24(30)28(23)17(14-29)12-15-6-2-1-3-7-15/h1-11,13,17,22-23,29H,12,14H2,(H,31,32)/t17?,22-,23+/m0/s1. The Labute approximate surface area is 195 Å². The van der Waals surface area contributed by atoms with Crippen LogP contribution in [0.3, 0.4) is 0 Å². The molecule has 32 heavy (non-hydrogen) atoms. The Morgan fingerprint density at radius 2 is 1.66 bits per heavy atom. The zero-order chi connectivity index (χ0) is 22.8. The molecule has 0 saturated carbocycles. The van der Waals surface area contributed by atoms with Crippen molar-refractivity contribution in [3.05, 3.63) is 105 Å². The minimum absolute atomic E-state index is 0.266. The number of aliphatic hydroxyl groups is 1. The van der Waals surface area contributed by atoms with Crippen molar-refractivity contribution in [2.24, 2.45) is 0 Å². The summed E-state index contributed by atoms with van der Waals surface area (Å²) in [5.74, 6) is -2.49. The second kappa shape index (κ2) is 9.33. The molecule has 4 rings (SSSR count). The van der Waals surface area contributed by atoms with Crippen LogP contribution in [-0.4, -0.2) is 39.6 Å². The van der Waals surface area contributed by atoms with E-state index in [9.17, 15) is 19.8 Å². The van der Waals surface area contributed by atoms with Crippen molar-refractivity contribution in [3.63, 3.8) is 0 Å². The van der Waals surface area contributed by atoms with Crippen LogP contribution >= 0.6 is 23.2 Å². The first-order chi connectivity index (χ1) is 15.4. The Morgan fingerprint density at radius 1 is 0.969 bits per heavy atom. The second-order valence-corrected chi connectivity index (χ2v) is 8.60. The zero-order valence-corrected chi connectivity index (χ0v) is 18.5. The minimum Gasteiger partial charge on any atom is -0.481 e. The maximum Gasteiger partial charge on any atom is 0.313 e. The van der Waals surface area contributed by atoms with Crippen molar-refractivity contribution in [2.45, 2.75) is 24.4 Å². The van der Waals surface area contributed by atoms with E-state index in [-0.39, 0.29) is 17.5 Å². The van der Waals surface area contributed by atoms with Crippen molar-refractivity contribution in [1.29, 1.82) is 0 Å². The van der Waals surface area contributed by atoms with Gasteiger partial charge in [-0.3, -0.25) is 9.59 Å². The third-order valence-corrected chi connectivity index (χ3v) is 6.40. The molecule has 1 aliphatic rings. The lowest BCUT2D eigenvalue weighted by atomic mass is 9.78. The number of carbonyl (C=O) groups is 2. The number of nitrogens with zero attached hydrogens (tertiary/aromatic N) is 1. The molecule has 0 radical (unpaired) electrons. The van der Waals surface area contributed by atoms with Crippen LogP contribution in [0, 0.1) is 0 Å². The summed E-state index contributed by atoms with van der Waals surface area (Å²) in [7, 11) is 0. The van der Waals surface area contributed by atoms with Gasteiger partial charge in [0.1, 0.15) is 5.92 Å². The number of aliphatic carboxylic acids is 1. The number of aliphatic hydroxyl groups excluding tert-OH is 1. The number of carboxylic acids is 1. The third-order valence-electron chi connectivity index (χ3n) is 5.84. The Morgan fingerprint density at radius 3 is 2.31 bits per heavy atom. The van der Waals surface area contributed by atoms with Gasteiger partial charge in [-0.05, 0) is 41.3 Å². The molecule has 0 aromatic heterocycles. The van der Waals surface area contributed by atoms with Gasteiger partial charge in [0.15, 0.2) is 0 Å². The molecule has 3 atom stereocenters. The predicted octanol–water partition coefficient (Wildman–Crippen LogP) is 4.96. The monoisotopic (exact) mass is 469 g/mol. The van der Waals surface area contributed by atoms with Crippen molar-refractivity contribution in [3.8, 4) is 0 Å². The molecule has 0 bridgehead atoms. The van der Waals surface area contributed by atoms with E-state index in [1.807, 2.05) is 30.3 Å². The Kier molecular flexibility index (Phi) is 6.51. The van der Waals surface area contributed by atoms with E-state index in [0.717, 1.165) is 5.56 Å². The number of amides is 1. The molecular formula is C25H21Cl2NO4. The highest BCUT2D eigenvalue weighted by atomic mass is 35.5. The van der Waals surface area contributed by atoms with Gasteiger partial charge >= 0.3 is 5.97 Å². The molecule has 0 fully saturated rings. The van der Waals surface area contributed by atoms with Crippen LogP contribution in [0.4, 0.5) is 0 Å². The molecular weight excluding hydrogens is 449 g/mol. The Balaban J connectivity index is 1.91. The lowest BCUT2D eigenvalue weighted by Crippen LogP contribution is -2.52. The molecule has 1 heterocycles. The van der Waals surface area contributed by atoms with E-state index >= 15 is 0 Å². The summed E-state index contributed by atoms with van der Waals surface area (Å²) in [6.07, 6.45) is 0.360. The second-order valence-electron chi connectivity index (χ2n) is 7.75. The van der Waals surface area contributed by atoms with Crippen LogP contribution in [0.2, 0.25) is 10.0 Å². The number of hydrogen-bond acceptors (Lipinski definition) is 3. The first-order valence-corrected chi connectivity index (χ1v) is 10.9. The number of rotatable bonds is 6. The van der Waals surface area contributed by atoms with Gasteiger partial charge in [0.25, 0.3) is 5.91 Å². The summed E-state index contributed by atoms with van der Waals surface area (Å²) < 4.78 is 0. The molecule has 1 unspecified atom stereocenters. The van der Waals surface area contributed by atoms with E-state index < -0.39 is 24.0 Å². The third kappa shape index (κ3) is 4.11. The molecule has 1 amide bonds. The van der Waals surface area contributed by atoms with E-state index in [1.165, 1.54) is 11.0 Å². The van der Waals surface area contributed by atoms with Gasteiger partial charge in [-0.15, -0.1) is 0 Å². The molecule has 1 aliphatic heterocycles. The molecule has 0 spiro atoms. The van der Waals surface area contributed by atoms with Gasteiger partial charge in [-0.25, -0.2) is 0 Å². The predicted molar refractivity (Wildman–Crippen MR) is 123 cm³/mol. The average Bonchev–Trinajstić information content (AvgIpc) is 2.78. The fraction of sp³-hybridized carbons (Fsp3) is 0.200. The molecule has 3 aromatic carbocycles. The number of halogens is 2. The summed E-state index contributed by atoms with van der Waals surface area (Å²) >= 11 is 12.6. The van der Waals surface area contributed by atoms with Gasteiger partial charge < -0.3 is 15.1 Å². The van der Waals surface area contributed by atoms with Crippen LogP contribution < -0.4 is 0 Å². The largest absolute Gasteiger partial charge is 0.481 e. The highest BCUT2D eigenvalue weighted by molar-refractivity contribution is 6.35. The minimum atomic E-state index is -1.08. The summed E-state index contributed by atoms with van der Waals surface area (Å²) in [5, 5.41) is 21.2. The van der Waals surface area contributed by atoms with Crippen LogP contribution in [0.15, 0.2) is 72.8 Å². The van der Waals surface area contributed by atoms with Crippen molar-refractivity contribution in [1.82, 2.24) is 4.90 Å². The normalized spacial score (nSPS) is 18.8. The number of hydrogen-bond donors (Lipinski definition) is 2. The molecule has 2 N–H and O–H groups in total. The Bertz CT molecular complexity index is 1150. The van der Waals surface area contributed by atoms with Gasteiger partial charge in [-0.2, -0.15) is 0 Å². The van der Waals surface area contributed by atoms with Crippen molar-refractivity contribution in [2.75, 3.05) is 6.61 Å². The van der Waals surface area contributed by atoms with Crippen molar-refractivity contribution < 1.29 is 19.8 Å². The number of benzene rings is 3. The first kappa shape index (κ1) is 22.3. The summed E-state index contributed by atoms with van der Waals surface area (Å²) in [6, 6.07) is 19.4. The topological polar surface area (TPSA) is 77.8 Å². The SMILES string of the molecule is O=C(O)[C@H]1c2ccccc2C(=O)N(C(CO)Cc2ccccc2)[C@@H]1c1ccc(Cl)cc1Cl. The molecule has 5 nitrogen and oxygen atoms in total. The van der Waals surface area contributed by atoms with Gasteiger partial charge in [0.2, 0.25) is 0 Å². The van der Waals surface area contributed by atoms with E-state index in [2.05, 4.69) is 0 Å². The number of fused-ring (bicyclic) bond motifs is 1. The lowest BCUT2D eigenvalue weighted by Gasteiger charge is -2.44. The lowest BCUT2D eigenvalue weighted by molar-refractivity contribution is -0.141. The van der Waals surface area contributed by atoms with Gasteiger partial charge in [-0.1, -0.05) is 77.8 Å². The smallest absolute Gasteiger partial charge is 0.313 e. The van der Waals surface area contributed by atoms with Crippen molar-refractivity contribution >= 4 is 35.1 Å². The zero-order valence-electron chi connectivity index (χ0n) is 17.0. The van der Waals surface area contributed by atoms with Gasteiger partial charge in [0.05, 0.1) is 18.7 Å². The highest BCUT2D eigenvalue weighted by Crippen LogP contribution is 2.46. The summed E-state index contributed by atoms with van der Waals surface area (Å²) in [6.45, 7) is -0.336. The maximum absolute atomic E-state index is 13.7. The highest BCUT2D eigenvalue weighted by Gasteiger charge is 2.47. The quantitative estimate of drug-likeness (QED) is 0.534. The fourth-order valence-corrected chi connectivity index (χ4v) is 4.95. The van der Waals surface area contributed by atoms with Crippen LogP contribution in [0.5, 0.6) is 0 Å². The fourth-order valence-electron chi connectivity index (χ4n) is 4.43. The molecule has 0 aliphatic carbocycles. The van der Waals surface area contributed by atoms with E-state index in [0.29, 0.717) is 28.1 Å². The Hall–Kier alpha value is -2.86. The number of carboxylic acid groups (broad SMARTS) is 1. The average molecular weight is 470 g/mol. The maximum atomic E-state index is 13.7. The molecule has 164 valence electrons.